The standard InChI is InChI=1S/C8H14N2O2/c1-4-6-9-8(11)7(3)10-12-5-2/h1,7,10H,5-6H2,2-3H3,(H,9,11). The Morgan fingerprint density at radius 2 is 2.42 bits per heavy atom. The van der Waals surface area contributed by atoms with E-state index in [9.17, 15) is 4.79 Å². The molecule has 0 fully saturated rings. The summed E-state index contributed by atoms with van der Waals surface area (Å²) in [6, 6.07) is -0.377. The molecule has 0 bridgehead atoms. The van der Waals surface area contributed by atoms with Gasteiger partial charge in [0.25, 0.3) is 0 Å². The zero-order chi connectivity index (χ0) is 9.40. The first-order valence-electron chi connectivity index (χ1n) is 3.80. The number of carbonyl (C=O) groups excluding carboxylic acids is 1. The van der Waals surface area contributed by atoms with E-state index < -0.39 is 0 Å². The smallest absolute Gasteiger partial charge is 0.239 e. The Kier molecular flexibility index (Phi) is 6.07. The third-order valence-electron chi connectivity index (χ3n) is 1.16. The van der Waals surface area contributed by atoms with E-state index >= 15 is 0 Å². The maximum atomic E-state index is 11.1. The maximum Gasteiger partial charge on any atom is 0.239 e. The molecule has 0 aliphatic rings. The van der Waals surface area contributed by atoms with Crippen molar-refractivity contribution in [1.82, 2.24) is 10.8 Å². The number of hydrogen-bond acceptors (Lipinski definition) is 3. The summed E-state index contributed by atoms with van der Waals surface area (Å²) < 4.78 is 0. The van der Waals surface area contributed by atoms with Gasteiger partial charge in [-0.3, -0.25) is 4.79 Å². The van der Waals surface area contributed by atoms with Gasteiger partial charge in [0.15, 0.2) is 0 Å². The average Bonchev–Trinajstić information content (AvgIpc) is 2.10. The van der Waals surface area contributed by atoms with Gasteiger partial charge in [-0.2, -0.15) is 5.48 Å². The van der Waals surface area contributed by atoms with Gasteiger partial charge in [-0.15, -0.1) is 6.42 Å². The number of rotatable bonds is 5. The molecule has 0 aromatic carbocycles. The summed E-state index contributed by atoms with van der Waals surface area (Å²) in [4.78, 5) is 15.9. The van der Waals surface area contributed by atoms with Crippen molar-refractivity contribution >= 4 is 5.91 Å². The molecule has 0 aromatic rings. The molecule has 1 atom stereocenters. The monoisotopic (exact) mass is 170 g/mol. The van der Waals surface area contributed by atoms with E-state index in [1.54, 1.807) is 6.92 Å². The lowest BCUT2D eigenvalue weighted by Gasteiger charge is -2.11. The number of carbonyl (C=O) groups is 1. The lowest BCUT2D eigenvalue weighted by Crippen LogP contribution is -2.42. The molecule has 4 nitrogen and oxygen atoms in total. The molecule has 68 valence electrons. The Bertz CT molecular complexity index is 174. The minimum Gasteiger partial charge on any atom is -0.344 e. The first-order valence-corrected chi connectivity index (χ1v) is 3.80. The molecule has 0 aliphatic heterocycles. The highest BCUT2D eigenvalue weighted by atomic mass is 16.6. The number of nitrogens with one attached hydrogen (secondary N) is 2. The van der Waals surface area contributed by atoms with E-state index in [1.807, 2.05) is 6.92 Å². The first kappa shape index (κ1) is 11.0. The molecule has 0 saturated carbocycles. The first-order chi connectivity index (χ1) is 5.72. The molecule has 0 aromatic heterocycles. The average molecular weight is 170 g/mol. The van der Waals surface area contributed by atoms with Gasteiger partial charge >= 0.3 is 0 Å². The van der Waals surface area contributed by atoms with E-state index in [-0.39, 0.29) is 18.5 Å². The Balaban J connectivity index is 3.55. The molecule has 1 amide bonds. The van der Waals surface area contributed by atoms with Crippen LogP contribution in [-0.2, 0) is 9.63 Å². The quantitative estimate of drug-likeness (QED) is 0.438. The topological polar surface area (TPSA) is 50.4 Å². The zero-order valence-corrected chi connectivity index (χ0v) is 7.39. The van der Waals surface area contributed by atoms with E-state index in [0.717, 1.165) is 0 Å². The molecule has 0 heterocycles. The van der Waals surface area contributed by atoms with Crippen LogP contribution in [0.2, 0.25) is 0 Å². The van der Waals surface area contributed by atoms with Crippen LogP contribution in [0.25, 0.3) is 0 Å². The van der Waals surface area contributed by atoms with Crippen molar-refractivity contribution in [3.8, 4) is 12.3 Å². The van der Waals surface area contributed by atoms with Gasteiger partial charge in [0.1, 0.15) is 6.04 Å². The lowest BCUT2D eigenvalue weighted by molar-refractivity contribution is -0.126. The summed E-state index contributed by atoms with van der Waals surface area (Å²) in [6.45, 7) is 4.30. The minimum atomic E-state index is -0.377. The SMILES string of the molecule is C#CCNC(=O)C(C)NOCC. The molecule has 0 saturated heterocycles. The van der Waals surface area contributed by atoms with Crippen LogP contribution in [0.4, 0.5) is 0 Å². The molecule has 0 aliphatic carbocycles. The molecule has 2 N–H and O–H groups in total. The predicted molar refractivity (Wildman–Crippen MR) is 46.1 cm³/mol. The molecule has 4 heteroatoms. The van der Waals surface area contributed by atoms with Crippen molar-refractivity contribution in [3.05, 3.63) is 0 Å². The number of hydroxylamine groups is 1. The van der Waals surface area contributed by atoms with Gasteiger partial charge < -0.3 is 10.2 Å². The minimum absolute atomic E-state index is 0.165. The Labute approximate surface area is 72.6 Å². The summed E-state index contributed by atoms with van der Waals surface area (Å²) in [6.07, 6.45) is 4.96. The summed E-state index contributed by atoms with van der Waals surface area (Å²) >= 11 is 0. The van der Waals surface area contributed by atoms with Crippen molar-refractivity contribution in [2.24, 2.45) is 0 Å². The predicted octanol–water partition coefficient (Wildman–Crippen LogP) is -0.335. The van der Waals surface area contributed by atoms with Gasteiger partial charge in [-0.05, 0) is 13.8 Å². The van der Waals surface area contributed by atoms with Crippen LogP contribution in [0.3, 0.4) is 0 Å². The van der Waals surface area contributed by atoms with Gasteiger partial charge in [0, 0.05) is 0 Å². The van der Waals surface area contributed by atoms with Crippen LogP contribution in [0, 0.1) is 12.3 Å². The molecule has 1 unspecified atom stereocenters. The second-order valence-electron chi connectivity index (χ2n) is 2.19. The van der Waals surface area contributed by atoms with E-state index in [2.05, 4.69) is 16.7 Å². The summed E-state index contributed by atoms with van der Waals surface area (Å²) in [5.74, 6) is 2.14. The fraction of sp³-hybridized carbons (Fsp3) is 0.625. The number of hydrogen-bond donors (Lipinski definition) is 2. The second-order valence-corrected chi connectivity index (χ2v) is 2.19. The van der Waals surface area contributed by atoms with Crippen molar-refractivity contribution < 1.29 is 9.63 Å². The third-order valence-corrected chi connectivity index (χ3v) is 1.16. The van der Waals surface area contributed by atoms with Crippen LogP contribution in [-0.4, -0.2) is 25.1 Å². The van der Waals surface area contributed by atoms with Crippen LogP contribution in [0.1, 0.15) is 13.8 Å². The third kappa shape index (κ3) is 4.72. The molecular formula is C8H14N2O2. The zero-order valence-electron chi connectivity index (χ0n) is 7.39. The van der Waals surface area contributed by atoms with E-state index in [0.29, 0.717) is 6.61 Å². The Morgan fingerprint density at radius 1 is 1.75 bits per heavy atom. The normalized spacial score (nSPS) is 11.8. The van der Waals surface area contributed by atoms with Crippen LogP contribution >= 0.6 is 0 Å². The van der Waals surface area contributed by atoms with Crippen molar-refractivity contribution in [1.29, 1.82) is 0 Å². The fourth-order valence-electron chi connectivity index (χ4n) is 0.553. The largest absolute Gasteiger partial charge is 0.344 e. The van der Waals surface area contributed by atoms with Gasteiger partial charge in [-0.25, -0.2) is 0 Å². The van der Waals surface area contributed by atoms with E-state index in [4.69, 9.17) is 11.3 Å². The van der Waals surface area contributed by atoms with Crippen molar-refractivity contribution in [3.63, 3.8) is 0 Å². The summed E-state index contributed by atoms with van der Waals surface area (Å²) in [5, 5.41) is 2.52. The fourth-order valence-corrected chi connectivity index (χ4v) is 0.553. The highest BCUT2D eigenvalue weighted by Gasteiger charge is 2.10. The second kappa shape index (κ2) is 6.65. The molecule has 12 heavy (non-hydrogen) atoms. The highest BCUT2D eigenvalue weighted by molar-refractivity contribution is 5.81. The summed E-state index contributed by atoms with van der Waals surface area (Å²) in [7, 11) is 0. The van der Waals surface area contributed by atoms with Gasteiger partial charge in [-0.1, -0.05) is 5.92 Å². The molecular weight excluding hydrogens is 156 g/mol. The van der Waals surface area contributed by atoms with Crippen molar-refractivity contribution in [2.45, 2.75) is 19.9 Å². The van der Waals surface area contributed by atoms with Crippen LogP contribution in [0.5, 0.6) is 0 Å². The number of terminal acetylenes is 1. The molecule has 0 spiro atoms. The van der Waals surface area contributed by atoms with Gasteiger partial charge in [0.2, 0.25) is 5.91 Å². The van der Waals surface area contributed by atoms with Crippen LogP contribution in [0.15, 0.2) is 0 Å². The highest BCUT2D eigenvalue weighted by Crippen LogP contribution is 1.81. The van der Waals surface area contributed by atoms with Gasteiger partial charge in [0.05, 0.1) is 13.2 Å². The van der Waals surface area contributed by atoms with Crippen LogP contribution < -0.4 is 10.8 Å². The summed E-state index contributed by atoms with van der Waals surface area (Å²) in [5.41, 5.74) is 2.56. The Hall–Kier alpha value is -1.05. The van der Waals surface area contributed by atoms with Crippen molar-refractivity contribution in [2.75, 3.05) is 13.2 Å². The molecule has 0 rings (SSSR count). The Morgan fingerprint density at radius 3 is 2.92 bits per heavy atom. The lowest BCUT2D eigenvalue weighted by atomic mass is 10.3. The molecule has 0 radical (unpaired) electrons. The maximum absolute atomic E-state index is 11.1. The number of amides is 1. The van der Waals surface area contributed by atoms with E-state index in [1.165, 1.54) is 0 Å².